The third-order valence-corrected chi connectivity index (χ3v) is 7.72. The van der Waals surface area contributed by atoms with Crippen LogP contribution in [0.1, 0.15) is 16.1 Å². The fourth-order valence-electron chi connectivity index (χ4n) is 5.31. The summed E-state index contributed by atoms with van der Waals surface area (Å²) in [6.07, 6.45) is 3.97. The molecule has 4 aromatic rings. The molecule has 1 unspecified atom stereocenters. The van der Waals surface area contributed by atoms with Gasteiger partial charge in [-0.25, -0.2) is 23.4 Å². The van der Waals surface area contributed by atoms with Crippen LogP contribution in [0, 0.1) is 11.6 Å². The molecule has 14 nitrogen and oxygen atoms in total. The summed E-state index contributed by atoms with van der Waals surface area (Å²) in [6.45, 7) is 0.358. The van der Waals surface area contributed by atoms with Crippen LogP contribution in [0.25, 0.3) is 5.65 Å². The number of nitrogens with zero attached hydrogens (tertiary/aromatic N) is 6. The molecule has 0 radical (unpaired) electrons. The normalized spacial score (nSPS) is 16.3. The molecule has 244 valence electrons. The van der Waals surface area contributed by atoms with Crippen LogP contribution in [-0.4, -0.2) is 95.2 Å². The summed E-state index contributed by atoms with van der Waals surface area (Å²) in [5.74, 6) is -2.63. The van der Waals surface area contributed by atoms with Crippen LogP contribution < -0.4 is 20.4 Å². The number of imidazole rings is 1. The van der Waals surface area contributed by atoms with Gasteiger partial charge in [0.1, 0.15) is 24.1 Å². The van der Waals surface area contributed by atoms with Gasteiger partial charge in [0.15, 0.2) is 17.3 Å². The van der Waals surface area contributed by atoms with Crippen molar-refractivity contribution in [2.45, 2.75) is 12.7 Å². The van der Waals surface area contributed by atoms with Gasteiger partial charge in [0.05, 0.1) is 31.5 Å². The van der Waals surface area contributed by atoms with E-state index in [1.54, 1.807) is 16.8 Å². The molecule has 2 fully saturated rings. The lowest BCUT2D eigenvalue weighted by atomic mass is 10.2. The number of rotatable bonds is 9. The number of aromatic nitrogens is 3. The van der Waals surface area contributed by atoms with Crippen molar-refractivity contribution in [3.63, 3.8) is 0 Å². The van der Waals surface area contributed by atoms with E-state index in [1.165, 1.54) is 22.2 Å². The van der Waals surface area contributed by atoms with E-state index < -0.39 is 35.8 Å². The molecule has 2 aliphatic rings. The molecule has 2 aromatic heterocycles. The maximum atomic E-state index is 15.3. The van der Waals surface area contributed by atoms with Crippen LogP contribution in [0.4, 0.5) is 29.7 Å². The molecule has 1 atom stereocenters. The van der Waals surface area contributed by atoms with Gasteiger partial charge >= 0.3 is 12.2 Å². The Hall–Kier alpha value is -5.80. The number of carbonyl (C=O) groups excluding carboxylic acids is 4. The monoisotopic (exact) mass is 648 g/mol. The van der Waals surface area contributed by atoms with E-state index in [0.717, 1.165) is 22.6 Å². The molecule has 0 aliphatic carbocycles. The predicted molar refractivity (Wildman–Crippen MR) is 163 cm³/mol. The molecule has 2 aliphatic heterocycles. The predicted octanol–water partition coefficient (Wildman–Crippen LogP) is 2.34. The number of hydrogen-bond acceptors (Lipinski definition) is 9. The van der Waals surface area contributed by atoms with Crippen molar-refractivity contribution in [1.82, 2.24) is 29.9 Å². The van der Waals surface area contributed by atoms with E-state index in [4.69, 9.17) is 9.47 Å². The summed E-state index contributed by atoms with van der Waals surface area (Å²) in [5.41, 5.74) is 1.13. The first-order chi connectivity index (χ1) is 22.7. The van der Waals surface area contributed by atoms with Gasteiger partial charge < -0.3 is 34.3 Å². The lowest BCUT2D eigenvalue weighted by Crippen LogP contribution is -2.51. The molecule has 0 spiro atoms. The summed E-state index contributed by atoms with van der Waals surface area (Å²) in [4.78, 5) is 62.0. The first-order valence-corrected chi connectivity index (χ1v) is 14.8. The Morgan fingerprint density at radius 3 is 2.49 bits per heavy atom. The van der Waals surface area contributed by atoms with E-state index >= 15 is 8.78 Å². The molecule has 0 saturated carbocycles. The van der Waals surface area contributed by atoms with Gasteiger partial charge in [0, 0.05) is 56.9 Å². The number of fused-ring (bicyclic) bond motifs is 1. The molecule has 47 heavy (non-hydrogen) atoms. The fourth-order valence-corrected chi connectivity index (χ4v) is 5.31. The zero-order valence-corrected chi connectivity index (χ0v) is 25.0. The smallest absolute Gasteiger partial charge is 0.414 e. The first-order valence-electron chi connectivity index (χ1n) is 14.8. The highest BCUT2D eigenvalue weighted by molar-refractivity contribution is 5.95. The number of halogens is 2. The quantitative estimate of drug-likeness (QED) is 0.279. The Balaban J connectivity index is 0.977. The van der Waals surface area contributed by atoms with E-state index in [2.05, 4.69) is 20.6 Å². The molecule has 4 heterocycles. The average molecular weight is 649 g/mol. The van der Waals surface area contributed by atoms with Gasteiger partial charge in [-0.3, -0.25) is 19.5 Å². The maximum absolute atomic E-state index is 15.3. The van der Waals surface area contributed by atoms with Crippen LogP contribution in [0.2, 0.25) is 0 Å². The standard InChI is InChI=1S/C31H30F2N8O6/c32-23-12-21(41-17-22(47-31(41)45)14-36-30(44)46-19-20-4-2-1-3-5-20)13-24(33)28(23)39-10-8-38(9-11-39)27(42)16-35-29(43)25-18-40-7-6-34-15-26(40)37-25/h1-7,12-13,15,18,22H,8-11,14,16-17,19H2,(H,35,43)(H,36,44). The Labute approximate surface area is 266 Å². The van der Waals surface area contributed by atoms with Crippen molar-refractivity contribution in [2.24, 2.45) is 0 Å². The second-order valence-electron chi connectivity index (χ2n) is 10.8. The van der Waals surface area contributed by atoms with Crippen LogP contribution >= 0.6 is 0 Å². The number of carbonyl (C=O) groups is 4. The minimum atomic E-state index is -0.881. The number of hydrogen-bond donors (Lipinski definition) is 2. The van der Waals surface area contributed by atoms with Gasteiger partial charge in [0.2, 0.25) is 5.91 Å². The van der Waals surface area contributed by atoms with Crippen LogP contribution in [0.3, 0.4) is 0 Å². The van der Waals surface area contributed by atoms with Gasteiger partial charge in [-0.05, 0) is 5.56 Å². The molecule has 16 heteroatoms. The van der Waals surface area contributed by atoms with Crippen molar-refractivity contribution in [1.29, 1.82) is 0 Å². The number of alkyl carbamates (subject to hydrolysis) is 1. The number of nitrogens with one attached hydrogen (secondary N) is 2. The molecule has 2 saturated heterocycles. The van der Waals surface area contributed by atoms with Gasteiger partial charge in [-0.2, -0.15) is 0 Å². The van der Waals surface area contributed by atoms with Crippen LogP contribution in [0.15, 0.2) is 67.3 Å². The van der Waals surface area contributed by atoms with E-state index in [9.17, 15) is 19.2 Å². The highest BCUT2D eigenvalue weighted by Gasteiger charge is 2.34. The minimum absolute atomic E-state index is 0.0330. The van der Waals surface area contributed by atoms with E-state index in [0.29, 0.717) is 5.65 Å². The molecule has 0 bridgehead atoms. The first kappa shape index (κ1) is 31.2. The number of ether oxygens (including phenoxy) is 2. The Bertz CT molecular complexity index is 1740. The summed E-state index contributed by atoms with van der Waals surface area (Å²) in [5, 5.41) is 5.08. The number of amides is 4. The third-order valence-electron chi connectivity index (χ3n) is 7.72. The van der Waals surface area contributed by atoms with Crippen molar-refractivity contribution in [2.75, 3.05) is 55.6 Å². The van der Waals surface area contributed by atoms with E-state index in [1.807, 2.05) is 30.3 Å². The lowest BCUT2D eigenvalue weighted by molar-refractivity contribution is -0.130. The summed E-state index contributed by atoms with van der Waals surface area (Å²) >= 11 is 0. The number of anilines is 2. The van der Waals surface area contributed by atoms with Gasteiger partial charge in [-0.15, -0.1) is 0 Å². The highest BCUT2D eigenvalue weighted by atomic mass is 19.1. The minimum Gasteiger partial charge on any atom is -0.445 e. The van der Waals surface area contributed by atoms with Crippen molar-refractivity contribution in [3.05, 3.63) is 90.1 Å². The van der Waals surface area contributed by atoms with Gasteiger partial charge in [0.25, 0.3) is 5.91 Å². The molecular weight excluding hydrogens is 618 g/mol. The maximum Gasteiger partial charge on any atom is 0.414 e. The average Bonchev–Trinajstić information content (AvgIpc) is 3.69. The topological polar surface area (TPSA) is 151 Å². The SMILES string of the molecule is O=C(NCC1CN(c2cc(F)c(N3CCN(C(=O)CNC(=O)c4cn5ccncc5n4)CC3)c(F)c2)C(=O)O1)OCc1ccccc1. The zero-order valence-electron chi connectivity index (χ0n) is 25.0. The van der Waals surface area contributed by atoms with E-state index in [-0.39, 0.29) is 75.4 Å². The molecule has 2 aromatic carbocycles. The summed E-state index contributed by atoms with van der Waals surface area (Å²) < 4.78 is 42.6. The highest BCUT2D eigenvalue weighted by Crippen LogP contribution is 2.31. The van der Waals surface area contributed by atoms with Crippen molar-refractivity contribution in [3.8, 4) is 0 Å². The molecular formula is C31H30F2N8O6. The van der Waals surface area contributed by atoms with Gasteiger partial charge in [-0.1, -0.05) is 30.3 Å². The number of cyclic esters (lactones) is 1. The summed E-state index contributed by atoms with van der Waals surface area (Å²) in [7, 11) is 0. The van der Waals surface area contributed by atoms with Crippen molar-refractivity contribution >= 4 is 41.0 Å². The number of piperazine rings is 1. The molecule has 2 N–H and O–H groups in total. The Morgan fingerprint density at radius 2 is 1.77 bits per heavy atom. The molecule has 6 rings (SSSR count). The summed E-state index contributed by atoms with van der Waals surface area (Å²) in [6, 6.07) is 11.2. The molecule has 4 amide bonds. The van der Waals surface area contributed by atoms with Crippen LogP contribution in [0.5, 0.6) is 0 Å². The Kier molecular flexibility index (Phi) is 9.08. The lowest BCUT2D eigenvalue weighted by Gasteiger charge is -2.36. The zero-order chi connectivity index (χ0) is 32.9. The van der Waals surface area contributed by atoms with Crippen molar-refractivity contribution < 1.29 is 37.4 Å². The number of benzene rings is 2. The second kappa shape index (κ2) is 13.7. The second-order valence-corrected chi connectivity index (χ2v) is 10.8. The van der Waals surface area contributed by atoms with Crippen LogP contribution in [-0.2, 0) is 20.9 Å². The Morgan fingerprint density at radius 1 is 1.02 bits per heavy atom. The largest absolute Gasteiger partial charge is 0.445 e. The third kappa shape index (κ3) is 7.21. The fraction of sp³-hybridized carbons (Fsp3) is 0.290.